The Morgan fingerprint density at radius 3 is 2.06 bits per heavy atom. The van der Waals surface area contributed by atoms with Crippen LogP contribution in [0.1, 0.15) is 53.9 Å². The molecule has 0 fully saturated rings. The fourth-order valence-electron chi connectivity index (χ4n) is 2.15. The zero-order valence-corrected chi connectivity index (χ0v) is 12.1. The third-order valence-electron chi connectivity index (χ3n) is 3.31. The van der Waals surface area contributed by atoms with Gasteiger partial charge in [0, 0.05) is 19.0 Å². The minimum atomic E-state index is 0.164. The van der Waals surface area contributed by atoms with E-state index < -0.39 is 0 Å². The molecule has 0 radical (unpaired) electrons. The molecule has 0 aromatic heterocycles. The number of carbonyl (C=O) groups is 1. The molecule has 0 aliphatic heterocycles. The first kappa shape index (κ1) is 16.4. The normalized spacial score (nSPS) is 13.5. The monoisotopic (exact) mass is 242 g/mol. The van der Waals surface area contributed by atoms with E-state index in [1.807, 2.05) is 6.92 Å². The SMILES string of the molecule is CC(N)CCCC(=O)NCC(C(C)C)C(C)C. The van der Waals surface area contributed by atoms with Crippen LogP contribution in [0, 0.1) is 17.8 Å². The van der Waals surface area contributed by atoms with Crippen LogP contribution < -0.4 is 11.1 Å². The van der Waals surface area contributed by atoms with Crippen LogP contribution >= 0.6 is 0 Å². The lowest BCUT2D eigenvalue weighted by Gasteiger charge is -2.25. The summed E-state index contributed by atoms with van der Waals surface area (Å²) in [6.07, 6.45) is 2.41. The van der Waals surface area contributed by atoms with Crippen LogP contribution in [0.2, 0.25) is 0 Å². The van der Waals surface area contributed by atoms with Crippen molar-refractivity contribution in [2.75, 3.05) is 6.54 Å². The third-order valence-corrected chi connectivity index (χ3v) is 3.31. The van der Waals surface area contributed by atoms with Crippen LogP contribution in [0.5, 0.6) is 0 Å². The summed E-state index contributed by atoms with van der Waals surface area (Å²) in [4.78, 5) is 11.6. The van der Waals surface area contributed by atoms with E-state index in [4.69, 9.17) is 5.73 Å². The minimum Gasteiger partial charge on any atom is -0.356 e. The Labute approximate surface area is 107 Å². The predicted molar refractivity (Wildman–Crippen MR) is 73.7 cm³/mol. The standard InChI is InChI=1S/C14H30N2O/c1-10(2)13(11(3)4)9-16-14(17)8-6-7-12(5)15/h10-13H,6-9,15H2,1-5H3,(H,16,17). The molecule has 0 spiro atoms. The Kier molecular flexibility index (Phi) is 8.23. The molecular weight excluding hydrogens is 212 g/mol. The lowest BCUT2D eigenvalue weighted by Crippen LogP contribution is -2.33. The zero-order valence-electron chi connectivity index (χ0n) is 12.1. The summed E-state index contributed by atoms with van der Waals surface area (Å²) in [5, 5.41) is 3.04. The molecule has 1 atom stereocenters. The first-order valence-electron chi connectivity index (χ1n) is 6.86. The number of rotatable bonds is 8. The molecule has 0 aromatic rings. The fraction of sp³-hybridized carbons (Fsp3) is 0.929. The summed E-state index contributed by atoms with van der Waals surface area (Å²) in [6.45, 7) is 11.6. The minimum absolute atomic E-state index is 0.164. The summed E-state index contributed by atoms with van der Waals surface area (Å²) >= 11 is 0. The van der Waals surface area contributed by atoms with E-state index in [-0.39, 0.29) is 11.9 Å². The van der Waals surface area contributed by atoms with E-state index in [2.05, 4.69) is 33.0 Å². The summed E-state index contributed by atoms with van der Waals surface area (Å²) < 4.78 is 0. The lowest BCUT2D eigenvalue weighted by atomic mass is 9.85. The molecule has 0 aromatic carbocycles. The van der Waals surface area contributed by atoms with Crippen LogP contribution in [0.15, 0.2) is 0 Å². The second-order valence-electron chi connectivity index (χ2n) is 5.83. The van der Waals surface area contributed by atoms with E-state index >= 15 is 0 Å². The molecule has 0 bridgehead atoms. The highest BCUT2D eigenvalue weighted by Gasteiger charge is 2.17. The van der Waals surface area contributed by atoms with Gasteiger partial charge in [-0.05, 0) is 37.5 Å². The van der Waals surface area contributed by atoms with Gasteiger partial charge in [-0.1, -0.05) is 27.7 Å². The van der Waals surface area contributed by atoms with Gasteiger partial charge in [0.05, 0.1) is 0 Å². The van der Waals surface area contributed by atoms with Gasteiger partial charge in [-0.3, -0.25) is 4.79 Å². The van der Waals surface area contributed by atoms with Gasteiger partial charge in [-0.2, -0.15) is 0 Å². The topological polar surface area (TPSA) is 55.1 Å². The quantitative estimate of drug-likeness (QED) is 0.687. The Bertz CT molecular complexity index is 204. The number of hydrogen-bond acceptors (Lipinski definition) is 2. The summed E-state index contributed by atoms with van der Waals surface area (Å²) in [5.41, 5.74) is 5.65. The second kappa shape index (κ2) is 8.51. The van der Waals surface area contributed by atoms with Gasteiger partial charge in [-0.25, -0.2) is 0 Å². The molecule has 0 saturated heterocycles. The average molecular weight is 242 g/mol. The van der Waals surface area contributed by atoms with Crippen LogP contribution in [0.25, 0.3) is 0 Å². The number of amides is 1. The molecule has 3 N–H and O–H groups in total. The second-order valence-corrected chi connectivity index (χ2v) is 5.83. The van der Waals surface area contributed by atoms with Crippen molar-refractivity contribution in [3.8, 4) is 0 Å². The fourth-order valence-corrected chi connectivity index (χ4v) is 2.15. The maximum Gasteiger partial charge on any atom is 0.220 e. The third kappa shape index (κ3) is 8.19. The lowest BCUT2D eigenvalue weighted by molar-refractivity contribution is -0.121. The highest BCUT2D eigenvalue weighted by Crippen LogP contribution is 2.19. The first-order chi connectivity index (χ1) is 7.84. The molecule has 0 heterocycles. The van der Waals surface area contributed by atoms with E-state index in [1.165, 1.54) is 0 Å². The van der Waals surface area contributed by atoms with Gasteiger partial charge in [-0.15, -0.1) is 0 Å². The van der Waals surface area contributed by atoms with Crippen LogP contribution in [0.3, 0.4) is 0 Å². The molecule has 17 heavy (non-hydrogen) atoms. The van der Waals surface area contributed by atoms with Gasteiger partial charge in [0.15, 0.2) is 0 Å². The van der Waals surface area contributed by atoms with Crippen molar-refractivity contribution in [2.45, 2.75) is 59.9 Å². The molecule has 0 rings (SSSR count). The molecule has 0 saturated carbocycles. The number of hydrogen-bond donors (Lipinski definition) is 2. The van der Waals surface area contributed by atoms with E-state index in [0.717, 1.165) is 19.4 Å². The summed E-state index contributed by atoms with van der Waals surface area (Å²) in [5.74, 6) is 1.95. The Morgan fingerprint density at radius 1 is 1.12 bits per heavy atom. The number of carbonyl (C=O) groups excluding carboxylic acids is 1. The van der Waals surface area contributed by atoms with Gasteiger partial charge in [0.1, 0.15) is 0 Å². The zero-order chi connectivity index (χ0) is 13.4. The molecule has 1 unspecified atom stereocenters. The van der Waals surface area contributed by atoms with Crippen molar-refractivity contribution >= 4 is 5.91 Å². The van der Waals surface area contributed by atoms with Crippen LogP contribution in [-0.4, -0.2) is 18.5 Å². The van der Waals surface area contributed by atoms with E-state index in [9.17, 15) is 4.79 Å². The Morgan fingerprint density at radius 2 is 1.65 bits per heavy atom. The molecule has 1 amide bonds. The molecular formula is C14H30N2O. The smallest absolute Gasteiger partial charge is 0.220 e. The Balaban J connectivity index is 3.81. The predicted octanol–water partition coefficient (Wildman–Crippen LogP) is 2.55. The molecule has 102 valence electrons. The van der Waals surface area contributed by atoms with Crippen molar-refractivity contribution in [3.63, 3.8) is 0 Å². The van der Waals surface area contributed by atoms with Gasteiger partial charge in [0.25, 0.3) is 0 Å². The van der Waals surface area contributed by atoms with Crippen molar-refractivity contribution in [3.05, 3.63) is 0 Å². The first-order valence-corrected chi connectivity index (χ1v) is 6.86. The van der Waals surface area contributed by atoms with Crippen molar-refractivity contribution in [2.24, 2.45) is 23.5 Å². The maximum atomic E-state index is 11.6. The molecule has 3 nitrogen and oxygen atoms in total. The highest BCUT2D eigenvalue weighted by molar-refractivity contribution is 5.75. The number of nitrogens with two attached hydrogens (primary N) is 1. The molecule has 0 aliphatic carbocycles. The summed E-state index contributed by atoms with van der Waals surface area (Å²) in [7, 11) is 0. The average Bonchev–Trinajstić information content (AvgIpc) is 2.15. The van der Waals surface area contributed by atoms with Crippen molar-refractivity contribution in [1.82, 2.24) is 5.32 Å². The van der Waals surface area contributed by atoms with E-state index in [0.29, 0.717) is 24.2 Å². The van der Waals surface area contributed by atoms with Gasteiger partial charge >= 0.3 is 0 Å². The van der Waals surface area contributed by atoms with Gasteiger partial charge < -0.3 is 11.1 Å². The summed E-state index contributed by atoms with van der Waals surface area (Å²) in [6, 6.07) is 0.196. The maximum absolute atomic E-state index is 11.6. The molecule has 3 heteroatoms. The van der Waals surface area contributed by atoms with Crippen LogP contribution in [0.4, 0.5) is 0 Å². The highest BCUT2D eigenvalue weighted by atomic mass is 16.1. The Hall–Kier alpha value is -0.570. The van der Waals surface area contributed by atoms with Crippen molar-refractivity contribution < 1.29 is 4.79 Å². The van der Waals surface area contributed by atoms with Crippen LogP contribution in [-0.2, 0) is 4.79 Å². The van der Waals surface area contributed by atoms with Crippen molar-refractivity contribution in [1.29, 1.82) is 0 Å². The largest absolute Gasteiger partial charge is 0.356 e. The number of nitrogens with one attached hydrogen (secondary N) is 1. The molecule has 0 aliphatic rings. The van der Waals surface area contributed by atoms with Gasteiger partial charge in [0.2, 0.25) is 5.91 Å². The van der Waals surface area contributed by atoms with E-state index in [1.54, 1.807) is 0 Å².